The van der Waals surface area contributed by atoms with Gasteiger partial charge in [-0.1, -0.05) is 42.5 Å². The highest BCUT2D eigenvalue weighted by Gasteiger charge is 2.12. The average Bonchev–Trinajstić information content (AvgIpc) is 2.39. The molecule has 0 aliphatic carbocycles. The summed E-state index contributed by atoms with van der Waals surface area (Å²) in [7, 11) is 2.02. The van der Waals surface area contributed by atoms with Crippen molar-refractivity contribution in [3.05, 3.63) is 48.0 Å². The molecule has 2 aromatic rings. The Hall–Kier alpha value is -1.38. The van der Waals surface area contributed by atoms with Gasteiger partial charge < -0.3 is 11.1 Å². The topological polar surface area (TPSA) is 38.0 Å². The largest absolute Gasteiger partial charge is 0.328 e. The monoisotopic (exact) mass is 242 g/mol. The Balaban J connectivity index is 2.32. The van der Waals surface area contributed by atoms with Crippen LogP contribution in [0, 0.1) is 0 Å². The van der Waals surface area contributed by atoms with Crippen LogP contribution in [0.15, 0.2) is 42.5 Å². The van der Waals surface area contributed by atoms with Gasteiger partial charge in [0.25, 0.3) is 0 Å². The molecule has 2 atom stereocenters. The third kappa shape index (κ3) is 2.89. The van der Waals surface area contributed by atoms with Crippen LogP contribution in [0.25, 0.3) is 10.8 Å². The van der Waals surface area contributed by atoms with E-state index in [4.69, 9.17) is 5.73 Å². The number of hydrogen-bond acceptors (Lipinski definition) is 2. The fourth-order valence-electron chi connectivity index (χ4n) is 2.44. The molecule has 96 valence electrons. The Kier molecular flexibility index (Phi) is 4.34. The SMILES string of the molecule is CNC(CCC(C)N)c1cccc2ccccc12. The highest BCUT2D eigenvalue weighted by molar-refractivity contribution is 5.86. The third-order valence-electron chi connectivity index (χ3n) is 3.46. The van der Waals surface area contributed by atoms with Crippen molar-refractivity contribution in [3.63, 3.8) is 0 Å². The number of fused-ring (bicyclic) bond motifs is 1. The van der Waals surface area contributed by atoms with Gasteiger partial charge in [0.2, 0.25) is 0 Å². The van der Waals surface area contributed by atoms with Gasteiger partial charge >= 0.3 is 0 Å². The van der Waals surface area contributed by atoms with Crippen LogP contribution in [0.5, 0.6) is 0 Å². The summed E-state index contributed by atoms with van der Waals surface area (Å²) in [5.41, 5.74) is 7.23. The molecule has 2 heteroatoms. The van der Waals surface area contributed by atoms with Gasteiger partial charge in [-0.05, 0) is 43.1 Å². The Morgan fingerprint density at radius 1 is 1.06 bits per heavy atom. The predicted octanol–water partition coefficient (Wildman–Crippen LogP) is 3.23. The maximum absolute atomic E-state index is 5.86. The lowest BCUT2D eigenvalue weighted by atomic mass is 9.95. The Morgan fingerprint density at radius 3 is 2.50 bits per heavy atom. The zero-order chi connectivity index (χ0) is 13.0. The van der Waals surface area contributed by atoms with Crippen LogP contribution < -0.4 is 11.1 Å². The quantitative estimate of drug-likeness (QED) is 0.844. The summed E-state index contributed by atoms with van der Waals surface area (Å²) >= 11 is 0. The van der Waals surface area contributed by atoms with Crippen molar-refractivity contribution in [1.29, 1.82) is 0 Å². The van der Waals surface area contributed by atoms with Crippen LogP contribution in [-0.4, -0.2) is 13.1 Å². The molecule has 0 fully saturated rings. The first-order chi connectivity index (χ1) is 8.72. The zero-order valence-corrected chi connectivity index (χ0v) is 11.2. The molecular formula is C16H22N2. The smallest absolute Gasteiger partial charge is 0.0324 e. The van der Waals surface area contributed by atoms with E-state index in [1.54, 1.807) is 0 Å². The second-order valence-corrected chi connectivity index (χ2v) is 4.96. The normalized spacial score (nSPS) is 14.6. The van der Waals surface area contributed by atoms with Crippen molar-refractivity contribution < 1.29 is 0 Å². The van der Waals surface area contributed by atoms with Gasteiger partial charge in [-0.3, -0.25) is 0 Å². The Morgan fingerprint density at radius 2 is 1.78 bits per heavy atom. The van der Waals surface area contributed by atoms with Gasteiger partial charge in [-0.2, -0.15) is 0 Å². The molecule has 0 aliphatic rings. The average molecular weight is 242 g/mol. The highest BCUT2D eigenvalue weighted by Crippen LogP contribution is 2.27. The van der Waals surface area contributed by atoms with Crippen LogP contribution in [-0.2, 0) is 0 Å². The van der Waals surface area contributed by atoms with E-state index in [0.717, 1.165) is 12.8 Å². The second kappa shape index (κ2) is 5.98. The molecule has 0 amide bonds. The molecule has 2 nitrogen and oxygen atoms in total. The summed E-state index contributed by atoms with van der Waals surface area (Å²) in [6.45, 7) is 2.07. The van der Waals surface area contributed by atoms with E-state index in [9.17, 15) is 0 Å². The van der Waals surface area contributed by atoms with E-state index >= 15 is 0 Å². The molecule has 0 spiro atoms. The molecule has 0 aromatic heterocycles. The fourth-order valence-corrected chi connectivity index (χ4v) is 2.44. The standard InChI is InChI=1S/C16H22N2/c1-12(17)10-11-16(18-2)15-9-5-7-13-6-3-4-8-14(13)15/h3-9,12,16,18H,10-11,17H2,1-2H3. The first kappa shape index (κ1) is 13.1. The van der Waals surface area contributed by atoms with Crippen molar-refractivity contribution in [3.8, 4) is 0 Å². The van der Waals surface area contributed by atoms with Crippen LogP contribution in [0.3, 0.4) is 0 Å². The Bertz CT molecular complexity index is 500. The van der Waals surface area contributed by atoms with Gasteiger partial charge in [0.15, 0.2) is 0 Å². The lowest BCUT2D eigenvalue weighted by Gasteiger charge is -2.19. The molecule has 2 aromatic carbocycles. The van der Waals surface area contributed by atoms with Crippen molar-refractivity contribution in [2.75, 3.05) is 7.05 Å². The fraction of sp³-hybridized carbons (Fsp3) is 0.375. The molecule has 0 bridgehead atoms. The second-order valence-electron chi connectivity index (χ2n) is 4.96. The van der Waals surface area contributed by atoms with Crippen LogP contribution in [0.4, 0.5) is 0 Å². The molecule has 0 radical (unpaired) electrons. The van der Waals surface area contributed by atoms with Crippen molar-refractivity contribution in [2.45, 2.75) is 31.8 Å². The molecule has 0 saturated carbocycles. The summed E-state index contributed by atoms with van der Waals surface area (Å²) in [4.78, 5) is 0. The number of hydrogen-bond donors (Lipinski definition) is 2. The van der Waals surface area contributed by atoms with E-state index < -0.39 is 0 Å². The van der Waals surface area contributed by atoms with Gasteiger partial charge in [-0.15, -0.1) is 0 Å². The first-order valence-corrected chi connectivity index (χ1v) is 6.63. The van der Waals surface area contributed by atoms with Gasteiger partial charge in [0, 0.05) is 12.1 Å². The minimum atomic E-state index is 0.260. The lowest BCUT2D eigenvalue weighted by Crippen LogP contribution is -2.21. The third-order valence-corrected chi connectivity index (χ3v) is 3.46. The van der Waals surface area contributed by atoms with Crippen molar-refractivity contribution >= 4 is 10.8 Å². The Labute approximate surface area is 109 Å². The summed E-state index contributed by atoms with van der Waals surface area (Å²) in [5, 5.41) is 6.05. The molecular weight excluding hydrogens is 220 g/mol. The summed E-state index contributed by atoms with van der Waals surface area (Å²) in [6.07, 6.45) is 2.11. The summed E-state index contributed by atoms with van der Waals surface area (Å²) in [6, 6.07) is 15.7. The van der Waals surface area contributed by atoms with E-state index in [2.05, 4.69) is 54.7 Å². The minimum Gasteiger partial charge on any atom is -0.328 e. The summed E-state index contributed by atoms with van der Waals surface area (Å²) < 4.78 is 0. The molecule has 0 saturated heterocycles. The van der Waals surface area contributed by atoms with Crippen LogP contribution in [0.2, 0.25) is 0 Å². The van der Waals surface area contributed by atoms with Crippen LogP contribution >= 0.6 is 0 Å². The number of nitrogens with two attached hydrogens (primary N) is 1. The lowest BCUT2D eigenvalue weighted by molar-refractivity contribution is 0.499. The van der Waals surface area contributed by atoms with E-state index in [1.807, 2.05) is 7.05 Å². The summed E-state index contributed by atoms with van der Waals surface area (Å²) in [5.74, 6) is 0. The van der Waals surface area contributed by atoms with Gasteiger partial charge in [0.05, 0.1) is 0 Å². The molecule has 2 unspecified atom stereocenters. The number of benzene rings is 2. The van der Waals surface area contributed by atoms with E-state index in [1.165, 1.54) is 16.3 Å². The van der Waals surface area contributed by atoms with E-state index in [0.29, 0.717) is 6.04 Å². The van der Waals surface area contributed by atoms with Crippen molar-refractivity contribution in [2.24, 2.45) is 5.73 Å². The maximum Gasteiger partial charge on any atom is 0.0324 e. The number of rotatable bonds is 5. The molecule has 18 heavy (non-hydrogen) atoms. The minimum absolute atomic E-state index is 0.260. The first-order valence-electron chi connectivity index (χ1n) is 6.63. The maximum atomic E-state index is 5.86. The van der Waals surface area contributed by atoms with Crippen LogP contribution in [0.1, 0.15) is 31.4 Å². The molecule has 2 rings (SSSR count). The zero-order valence-electron chi connectivity index (χ0n) is 11.2. The highest BCUT2D eigenvalue weighted by atomic mass is 14.9. The molecule has 0 heterocycles. The molecule has 0 aliphatic heterocycles. The number of nitrogens with one attached hydrogen (secondary N) is 1. The molecule has 3 N–H and O–H groups in total. The van der Waals surface area contributed by atoms with Gasteiger partial charge in [0.1, 0.15) is 0 Å². The van der Waals surface area contributed by atoms with Crippen molar-refractivity contribution in [1.82, 2.24) is 5.32 Å². The van der Waals surface area contributed by atoms with E-state index in [-0.39, 0.29) is 6.04 Å². The van der Waals surface area contributed by atoms with Gasteiger partial charge in [-0.25, -0.2) is 0 Å². The predicted molar refractivity (Wildman–Crippen MR) is 78.6 cm³/mol.